The fraction of sp³-hybridized carbons (Fsp3) is 0.684. The van der Waals surface area contributed by atoms with Gasteiger partial charge in [0.25, 0.3) is 0 Å². The van der Waals surface area contributed by atoms with Crippen molar-refractivity contribution >= 4 is 0 Å². The zero-order valence-electron chi connectivity index (χ0n) is 14.3. The molecule has 2 saturated heterocycles. The highest BCUT2D eigenvalue weighted by Gasteiger charge is 2.35. The maximum absolute atomic E-state index is 10.1. The molecule has 23 heavy (non-hydrogen) atoms. The van der Waals surface area contributed by atoms with Crippen LogP contribution < -0.4 is 10.9 Å². The van der Waals surface area contributed by atoms with E-state index in [-0.39, 0.29) is 5.41 Å². The summed E-state index contributed by atoms with van der Waals surface area (Å²) < 4.78 is 0. The number of aliphatic hydroxyl groups is 1. The van der Waals surface area contributed by atoms with E-state index in [0.717, 1.165) is 32.4 Å². The predicted molar refractivity (Wildman–Crippen MR) is 94.1 cm³/mol. The fourth-order valence-electron chi connectivity index (χ4n) is 4.17. The first-order chi connectivity index (χ1) is 11.2. The highest BCUT2D eigenvalue weighted by Crippen LogP contribution is 2.34. The molecule has 0 bridgehead atoms. The molecule has 3 atom stereocenters. The molecule has 4 heteroatoms. The van der Waals surface area contributed by atoms with Gasteiger partial charge in [0, 0.05) is 37.2 Å². The van der Waals surface area contributed by atoms with Gasteiger partial charge in [-0.3, -0.25) is 10.9 Å². The topological polar surface area (TPSA) is 47.5 Å². The number of rotatable bonds is 6. The van der Waals surface area contributed by atoms with Gasteiger partial charge in [0.1, 0.15) is 0 Å². The van der Waals surface area contributed by atoms with E-state index in [2.05, 4.69) is 53.0 Å². The maximum atomic E-state index is 10.1. The van der Waals surface area contributed by atoms with Gasteiger partial charge in [-0.25, -0.2) is 0 Å². The Kier molecular flexibility index (Phi) is 5.70. The first-order valence-corrected chi connectivity index (χ1v) is 9.07. The molecule has 0 spiro atoms. The summed E-state index contributed by atoms with van der Waals surface area (Å²) in [5.41, 5.74) is 8.17. The third-order valence-corrected chi connectivity index (χ3v) is 5.51. The third kappa shape index (κ3) is 4.54. The van der Waals surface area contributed by atoms with Crippen LogP contribution in [0.5, 0.6) is 0 Å². The van der Waals surface area contributed by atoms with E-state index in [1.165, 1.54) is 24.9 Å². The van der Waals surface area contributed by atoms with Gasteiger partial charge >= 0.3 is 0 Å². The zero-order valence-corrected chi connectivity index (χ0v) is 14.3. The van der Waals surface area contributed by atoms with E-state index in [1.54, 1.807) is 0 Å². The Bertz CT molecular complexity index is 481. The Morgan fingerprint density at radius 2 is 2.09 bits per heavy atom. The number of nitrogens with one attached hydrogen (secondary N) is 2. The monoisotopic (exact) mass is 317 g/mol. The number of hydrogen-bond donors (Lipinski definition) is 3. The molecule has 2 aliphatic rings. The van der Waals surface area contributed by atoms with E-state index >= 15 is 0 Å². The van der Waals surface area contributed by atoms with E-state index < -0.39 is 0 Å². The largest absolute Gasteiger partial charge is 0.396 e. The quantitative estimate of drug-likeness (QED) is 0.750. The van der Waals surface area contributed by atoms with Crippen molar-refractivity contribution in [1.82, 2.24) is 15.8 Å². The minimum Gasteiger partial charge on any atom is -0.396 e. The molecule has 0 radical (unpaired) electrons. The van der Waals surface area contributed by atoms with Crippen LogP contribution in [0.2, 0.25) is 0 Å². The molecule has 0 aromatic heterocycles. The molecule has 2 heterocycles. The van der Waals surface area contributed by atoms with Gasteiger partial charge in [0.2, 0.25) is 0 Å². The van der Waals surface area contributed by atoms with E-state index in [0.29, 0.717) is 18.7 Å². The lowest BCUT2D eigenvalue weighted by Gasteiger charge is -2.42. The molecule has 2 aliphatic heterocycles. The average molecular weight is 317 g/mol. The lowest BCUT2D eigenvalue weighted by atomic mass is 9.76. The Hall–Kier alpha value is -0.940. The lowest BCUT2D eigenvalue weighted by molar-refractivity contribution is 0.0225. The number of benzene rings is 1. The Morgan fingerprint density at radius 3 is 2.78 bits per heavy atom. The van der Waals surface area contributed by atoms with Crippen molar-refractivity contribution < 1.29 is 5.11 Å². The highest BCUT2D eigenvalue weighted by atomic mass is 16.3. The molecular formula is C19H31N3O. The molecule has 3 rings (SSSR count). The second-order valence-electron chi connectivity index (χ2n) is 7.60. The summed E-state index contributed by atoms with van der Waals surface area (Å²) in [4.78, 5) is 2.56. The van der Waals surface area contributed by atoms with Gasteiger partial charge in [-0.2, -0.15) is 0 Å². The minimum absolute atomic E-state index is 0.0751. The number of hydrazine groups is 1. The first kappa shape index (κ1) is 16.9. The summed E-state index contributed by atoms with van der Waals surface area (Å²) in [5.74, 6) is 0. The van der Waals surface area contributed by atoms with Gasteiger partial charge in [0.05, 0.1) is 0 Å². The summed E-state index contributed by atoms with van der Waals surface area (Å²) in [6.45, 7) is 5.82. The van der Waals surface area contributed by atoms with Gasteiger partial charge in [0.15, 0.2) is 0 Å². The molecular weight excluding hydrogens is 286 g/mol. The number of hydrogen-bond acceptors (Lipinski definition) is 4. The SMILES string of the molecule is CC1CC(CN2CCCC(CO)(CCc3ccccc3)C2)NN1. The van der Waals surface area contributed by atoms with Crippen LogP contribution in [0.25, 0.3) is 0 Å². The Morgan fingerprint density at radius 1 is 1.26 bits per heavy atom. The molecule has 2 fully saturated rings. The van der Waals surface area contributed by atoms with Crippen LogP contribution in [-0.2, 0) is 6.42 Å². The summed E-state index contributed by atoms with van der Waals surface area (Å²) in [6, 6.07) is 11.8. The number of aryl methyl sites for hydroxylation is 1. The van der Waals surface area contributed by atoms with Crippen molar-refractivity contribution in [2.45, 2.75) is 51.1 Å². The van der Waals surface area contributed by atoms with E-state index in [1.807, 2.05) is 0 Å². The van der Waals surface area contributed by atoms with Gasteiger partial charge in [-0.15, -0.1) is 0 Å². The summed E-state index contributed by atoms with van der Waals surface area (Å²) in [5, 5.41) is 10.1. The smallest absolute Gasteiger partial charge is 0.0499 e. The minimum atomic E-state index is 0.0751. The highest BCUT2D eigenvalue weighted by molar-refractivity contribution is 5.15. The average Bonchev–Trinajstić information content (AvgIpc) is 2.99. The molecule has 0 aliphatic carbocycles. The second-order valence-corrected chi connectivity index (χ2v) is 7.60. The molecule has 3 unspecified atom stereocenters. The van der Waals surface area contributed by atoms with Gasteiger partial charge in [-0.05, 0) is 51.1 Å². The van der Waals surface area contributed by atoms with Crippen LogP contribution >= 0.6 is 0 Å². The van der Waals surface area contributed by atoms with Crippen LogP contribution in [0.15, 0.2) is 30.3 Å². The van der Waals surface area contributed by atoms with Crippen molar-refractivity contribution in [2.24, 2.45) is 5.41 Å². The van der Waals surface area contributed by atoms with Crippen molar-refractivity contribution in [3.05, 3.63) is 35.9 Å². The number of aliphatic hydroxyl groups excluding tert-OH is 1. The van der Waals surface area contributed by atoms with Gasteiger partial charge in [-0.1, -0.05) is 30.3 Å². The summed E-state index contributed by atoms with van der Waals surface area (Å²) in [6.07, 6.45) is 5.68. The van der Waals surface area contributed by atoms with Gasteiger partial charge < -0.3 is 10.0 Å². The fourth-order valence-corrected chi connectivity index (χ4v) is 4.17. The predicted octanol–water partition coefficient (Wildman–Crippen LogP) is 1.95. The van der Waals surface area contributed by atoms with Crippen molar-refractivity contribution in [2.75, 3.05) is 26.2 Å². The molecule has 1 aromatic rings. The van der Waals surface area contributed by atoms with Crippen molar-refractivity contribution in [1.29, 1.82) is 0 Å². The summed E-state index contributed by atoms with van der Waals surface area (Å²) >= 11 is 0. The van der Waals surface area contributed by atoms with Crippen LogP contribution in [0, 0.1) is 5.41 Å². The molecule has 3 N–H and O–H groups in total. The molecule has 1 aromatic carbocycles. The van der Waals surface area contributed by atoms with E-state index in [9.17, 15) is 5.11 Å². The summed E-state index contributed by atoms with van der Waals surface area (Å²) in [7, 11) is 0. The zero-order chi connectivity index (χ0) is 16.1. The van der Waals surface area contributed by atoms with Crippen LogP contribution in [0.3, 0.4) is 0 Å². The van der Waals surface area contributed by atoms with Crippen molar-refractivity contribution in [3.63, 3.8) is 0 Å². The molecule has 0 saturated carbocycles. The van der Waals surface area contributed by atoms with Crippen LogP contribution in [0.1, 0.15) is 38.2 Å². The lowest BCUT2D eigenvalue weighted by Crippen LogP contribution is -2.49. The third-order valence-electron chi connectivity index (χ3n) is 5.51. The molecule has 4 nitrogen and oxygen atoms in total. The first-order valence-electron chi connectivity index (χ1n) is 9.07. The Balaban J connectivity index is 1.55. The van der Waals surface area contributed by atoms with Crippen LogP contribution in [-0.4, -0.2) is 48.3 Å². The van der Waals surface area contributed by atoms with Crippen molar-refractivity contribution in [3.8, 4) is 0 Å². The maximum Gasteiger partial charge on any atom is 0.0499 e. The Labute approximate surface area is 140 Å². The standard InChI is InChI=1S/C19H31N3O/c1-16-12-18(21-20-16)13-22-11-5-9-19(14-22,15-23)10-8-17-6-3-2-4-7-17/h2-4,6-7,16,18,20-21,23H,5,8-15H2,1H3. The number of nitrogens with zero attached hydrogens (tertiary/aromatic N) is 1. The second kappa shape index (κ2) is 7.75. The molecule has 128 valence electrons. The molecule has 0 amide bonds. The van der Waals surface area contributed by atoms with E-state index in [4.69, 9.17) is 0 Å². The number of piperidine rings is 1. The normalized spacial score (nSPS) is 32.3. The van der Waals surface area contributed by atoms with Crippen LogP contribution in [0.4, 0.5) is 0 Å². The number of likely N-dealkylation sites (tertiary alicyclic amines) is 1.